The van der Waals surface area contributed by atoms with E-state index in [2.05, 4.69) is 10.3 Å². The summed E-state index contributed by atoms with van der Waals surface area (Å²) in [6.07, 6.45) is 0. The van der Waals surface area contributed by atoms with Crippen LogP contribution in [-0.4, -0.2) is 31.0 Å². The number of rotatable bonds is 3. The third-order valence-corrected chi connectivity index (χ3v) is 3.01. The molecule has 0 aliphatic carbocycles. The first-order valence-corrected chi connectivity index (χ1v) is 5.91. The summed E-state index contributed by atoms with van der Waals surface area (Å²) >= 11 is 0. The minimum absolute atomic E-state index is 0.0635. The molecule has 3 aromatic rings. The molecule has 0 bridgehead atoms. The molecule has 3 rings (SSSR count). The van der Waals surface area contributed by atoms with Gasteiger partial charge >= 0.3 is 11.7 Å². The number of fused-ring (bicyclic) bond motifs is 1. The highest BCUT2D eigenvalue weighted by Gasteiger charge is 2.26. The van der Waals surface area contributed by atoms with E-state index in [9.17, 15) is 14.9 Å². The molecule has 0 saturated carbocycles. The average molecular weight is 284 g/mol. The molecular formula is C13H8N4O4. The highest BCUT2D eigenvalue weighted by Crippen LogP contribution is 2.28. The summed E-state index contributed by atoms with van der Waals surface area (Å²) in [5.74, 6) is -1.37. The molecule has 8 nitrogen and oxygen atoms in total. The van der Waals surface area contributed by atoms with Crippen LogP contribution in [0.1, 0.15) is 10.4 Å². The van der Waals surface area contributed by atoms with Crippen LogP contribution in [0.15, 0.2) is 42.5 Å². The Morgan fingerprint density at radius 2 is 1.95 bits per heavy atom. The quantitative estimate of drug-likeness (QED) is 0.581. The maximum Gasteiger partial charge on any atom is 0.342 e. The van der Waals surface area contributed by atoms with Crippen LogP contribution >= 0.6 is 0 Å². The van der Waals surface area contributed by atoms with Crippen molar-refractivity contribution in [2.24, 2.45) is 0 Å². The fourth-order valence-electron chi connectivity index (χ4n) is 2.11. The van der Waals surface area contributed by atoms with Gasteiger partial charge in [0.1, 0.15) is 16.8 Å². The van der Waals surface area contributed by atoms with Crippen molar-refractivity contribution in [3.8, 4) is 5.69 Å². The molecular weight excluding hydrogens is 276 g/mol. The number of aromatic nitrogens is 3. The number of hydrogen-bond donors (Lipinski definition) is 1. The summed E-state index contributed by atoms with van der Waals surface area (Å²) in [6.45, 7) is 0. The highest BCUT2D eigenvalue weighted by molar-refractivity contribution is 5.94. The second-order valence-corrected chi connectivity index (χ2v) is 4.23. The lowest BCUT2D eigenvalue weighted by molar-refractivity contribution is -0.385. The molecule has 1 aromatic heterocycles. The molecule has 0 spiro atoms. The zero-order valence-corrected chi connectivity index (χ0v) is 10.5. The van der Waals surface area contributed by atoms with Crippen molar-refractivity contribution in [2.75, 3.05) is 0 Å². The molecule has 0 aliphatic heterocycles. The van der Waals surface area contributed by atoms with E-state index in [0.29, 0.717) is 11.0 Å². The van der Waals surface area contributed by atoms with E-state index >= 15 is 0 Å². The van der Waals surface area contributed by atoms with E-state index in [1.165, 1.54) is 22.9 Å². The first kappa shape index (κ1) is 12.7. The minimum Gasteiger partial charge on any atom is -0.477 e. The van der Waals surface area contributed by atoms with Crippen LogP contribution in [0.2, 0.25) is 0 Å². The third kappa shape index (κ3) is 1.98. The molecule has 0 unspecified atom stereocenters. The van der Waals surface area contributed by atoms with E-state index in [4.69, 9.17) is 5.11 Å². The van der Waals surface area contributed by atoms with Gasteiger partial charge < -0.3 is 5.11 Å². The van der Waals surface area contributed by atoms with Crippen molar-refractivity contribution in [3.05, 3.63) is 58.1 Å². The van der Waals surface area contributed by atoms with E-state index in [-0.39, 0.29) is 5.69 Å². The van der Waals surface area contributed by atoms with Crippen molar-refractivity contribution in [2.45, 2.75) is 0 Å². The summed E-state index contributed by atoms with van der Waals surface area (Å²) in [7, 11) is 0. The lowest BCUT2D eigenvalue weighted by Crippen LogP contribution is -2.08. The molecule has 2 aromatic carbocycles. The monoisotopic (exact) mass is 284 g/mol. The number of carboxylic acid groups (broad SMARTS) is 1. The number of para-hydroxylation sites is 2. The van der Waals surface area contributed by atoms with Crippen LogP contribution in [0.25, 0.3) is 16.7 Å². The van der Waals surface area contributed by atoms with Crippen molar-refractivity contribution in [1.82, 2.24) is 15.0 Å². The van der Waals surface area contributed by atoms with Crippen molar-refractivity contribution in [3.63, 3.8) is 0 Å². The SMILES string of the molecule is O=C(O)c1cccc(-n2nnc3ccccc32)c1[N+](=O)[O-]. The van der Waals surface area contributed by atoms with Crippen molar-refractivity contribution >= 4 is 22.7 Å². The summed E-state index contributed by atoms with van der Waals surface area (Å²) < 4.78 is 1.26. The lowest BCUT2D eigenvalue weighted by Gasteiger charge is -2.05. The fraction of sp³-hybridized carbons (Fsp3) is 0. The fourth-order valence-corrected chi connectivity index (χ4v) is 2.11. The summed E-state index contributed by atoms with van der Waals surface area (Å²) in [5, 5.41) is 28.2. The Balaban J connectivity index is 2.35. The molecule has 0 fully saturated rings. The maximum absolute atomic E-state index is 11.3. The standard InChI is InChI=1S/C13H8N4O4/c18-13(19)8-4-3-7-11(12(8)17(20)21)16-10-6-2-1-5-9(10)14-15-16/h1-7H,(H,18,19). The van der Waals surface area contributed by atoms with Gasteiger partial charge in [0.15, 0.2) is 0 Å². The molecule has 1 N–H and O–H groups in total. The van der Waals surface area contributed by atoms with Gasteiger partial charge in [0.25, 0.3) is 0 Å². The number of hydrogen-bond acceptors (Lipinski definition) is 5. The van der Waals surface area contributed by atoms with Crippen LogP contribution in [-0.2, 0) is 0 Å². The van der Waals surface area contributed by atoms with Gasteiger partial charge in [-0.1, -0.05) is 23.4 Å². The first-order chi connectivity index (χ1) is 10.1. The molecule has 1 heterocycles. The molecule has 0 saturated heterocycles. The first-order valence-electron chi connectivity index (χ1n) is 5.91. The van der Waals surface area contributed by atoms with Crippen molar-refractivity contribution < 1.29 is 14.8 Å². The van der Waals surface area contributed by atoms with E-state index < -0.39 is 22.1 Å². The van der Waals surface area contributed by atoms with Crippen LogP contribution in [0.3, 0.4) is 0 Å². The molecule has 21 heavy (non-hydrogen) atoms. The lowest BCUT2D eigenvalue weighted by atomic mass is 10.1. The largest absolute Gasteiger partial charge is 0.477 e. The van der Waals surface area contributed by atoms with Gasteiger partial charge in [-0.2, -0.15) is 0 Å². The van der Waals surface area contributed by atoms with Crippen molar-refractivity contribution in [1.29, 1.82) is 0 Å². The van der Waals surface area contributed by atoms with Gasteiger partial charge in [-0.05, 0) is 24.3 Å². The Labute approximate surface area is 117 Å². The Bertz CT molecular complexity index is 871. The summed E-state index contributed by atoms with van der Waals surface area (Å²) in [6, 6.07) is 11.0. The second-order valence-electron chi connectivity index (χ2n) is 4.23. The smallest absolute Gasteiger partial charge is 0.342 e. The Kier molecular flexibility index (Phi) is 2.83. The average Bonchev–Trinajstić information content (AvgIpc) is 2.90. The van der Waals surface area contributed by atoms with E-state index in [1.54, 1.807) is 24.3 Å². The van der Waals surface area contributed by atoms with Crippen LogP contribution < -0.4 is 0 Å². The predicted octanol–water partition coefficient (Wildman–Crippen LogP) is 2.03. The number of benzene rings is 2. The molecule has 0 amide bonds. The Morgan fingerprint density at radius 1 is 1.19 bits per heavy atom. The number of nitro groups is 1. The number of nitro benzene ring substituents is 1. The normalized spacial score (nSPS) is 10.7. The zero-order chi connectivity index (χ0) is 15.0. The maximum atomic E-state index is 11.3. The van der Waals surface area contributed by atoms with Crippen LogP contribution in [0.4, 0.5) is 5.69 Å². The van der Waals surface area contributed by atoms with Gasteiger partial charge in [0.05, 0.1) is 10.4 Å². The summed E-state index contributed by atoms with van der Waals surface area (Å²) in [4.78, 5) is 21.7. The van der Waals surface area contributed by atoms with Gasteiger partial charge in [0, 0.05) is 0 Å². The highest BCUT2D eigenvalue weighted by atomic mass is 16.6. The van der Waals surface area contributed by atoms with E-state index in [1.807, 2.05) is 0 Å². The van der Waals surface area contributed by atoms with E-state index in [0.717, 1.165) is 0 Å². The second kappa shape index (κ2) is 4.67. The van der Waals surface area contributed by atoms with Crippen LogP contribution in [0, 0.1) is 10.1 Å². The number of carbonyl (C=O) groups is 1. The number of carboxylic acids is 1. The number of nitrogens with zero attached hydrogens (tertiary/aromatic N) is 4. The number of aromatic carboxylic acids is 1. The third-order valence-electron chi connectivity index (χ3n) is 3.01. The van der Waals surface area contributed by atoms with Gasteiger partial charge in [0.2, 0.25) is 0 Å². The van der Waals surface area contributed by atoms with Gasteiger partial charge in [-0.25, -0.2) is 9.48 Å². The van der Waals surface area contributed by atoms with Gasteiger partial charge in [-0.3, -0.25) is 10.1 Å². The van der Waals surface area contributed by atoms with Gasteiger partial charge in [-0.15, -0.1) is 5.10 Å². The minimum atomic E-state index is -1.37. The summed E-state index contributed by atoms with van der Waals surface area (Å²) in [5.41, 5.74) is 0.280. The topological polar surface area (TPSA) is 111 Å². The Hall–Kier alpha value is -3.29. The molecule has 0 atom stereocenters. The van der Waals surface area contributed by atoms with Crippen LogP contribution in [0.5, 0.6) is 0 Å². The Morgan fingerprint density at radius 3 is 2.67 bits per heavy atom. The molecule has 104 valence electrons. The molecule has 0 aliphatic rings. The zero-order valence-electron chi connectivity index (χ0n) is 10.5. The molecule has 8 heteroatoms. The molecule has 0 radical (unpaired) electrons. The predicted molar refractivity (Wildman–Crippen MR) is 72.5 cm³/mol.